The van der Waals surface area contributed by atoms with E-state index in [1.165, 1.54) is 4.31 Å². The van der Waals surface area contributed by atoms with Crippen LogP contribution < -0.4 is 0 Å². The number of rotatable bonds is 4. The molecule has 0 bridgehead atoms. The molecule has 0 aromatic carbocycles. The summed E-state index contributed by atoms with van der Waals surface area (Å²) in [6, 6.07) is -0.313. The molecule has 0 spiro atoms. The normalized spacial score (nSPS) is 29.6. The molecule has 2 atom stereocenters. The number of aliphatic hydroxyl groups is 2. The van der Waals surface area contributed by atoms with Gasteiger partial charge in [-0.05, 0) is 12.3 Å². The fourth-order valence-electron chi connectivity index (χ4n) is 1.82. The van der Waals surface area contributed by atoms with Gasteiger partial charge in [-0.25, -0.2) is 8.42 Å². The van der Waals surface area contributed by atoms with Crippen molar-refractivity contribution >= 4 is 10.0 Å². The van der Waals surface area contributed by atoms with Gasteiger partial charge in [0.25, 0.3) is 0 Å². The van der Waals surface area contributed by atoms with Crippen LogP contribution >= 0.6 is 0 Å². The van der Waals surface area contributed by atoms with Gasteiger partial charge < -0.3 is 10.2 Å². The minimum atomic E-state index is -3.38. The van der Waals surface area contributed by atoms with Crippen molar-refractivity contribution in [2.75, 3.05) is 25.5 Å². The minimum Gasteiger partial charge on any atom is -0.395 e. The fraction of sp³-hybridized carbons (Fsp3) is 1.00. The molecule has 5 nitrogen and oxygen atoms in total. The lowest BCUT2D eigenvalue weighted by atomic mass is 10.0. The third kappa shape index (κ3) is 2.25. The van der Waals surface area contributed by atoms with Crippen molar-refractivity contribution in [3.05, 3.63) is 0 Å². The first-order valence-corrected chi connectivity index (χ1v) is 6.35. The highest BCUT2D eigenvalue weighted by molar-refractivity contribution is 7.89. The summed E-state index contributed by atoms with van der Waals surface area (Å²) in [5, 5.41) is 17.7. The quantitative estimate of drug-likeness (QED) is 0.641. The topological polar surface area (TPSA) is 77.8 Å². The molecule has 0 amide bonds. The molecule has 1 rings (SSSR count). The standard InChI is InChI=1S/C8H17NO4S/c1-7-2-3-9(8(7)6-11)14(12,13)5-4-10/h7-8,10-11H,2-6H2,1H3. The van der Waals surface area contributed by atoms with Gasteiger partial charge in [-0.1, -0.05) is 6.92 Å². The molecule has 0 aromatic heterocycles. The molecule has 1 fully saturated rings. The van der Waals surface area contributed by atoms with Crippen molar-refractivity contribution in [1.82, 2.24) is 4.31 Å². The van der Waals surface area contributed by atoms with Gasteiger partial charge in [0.2, 0.25) is 10.0 Å². The fourth-order valence-corrected chi connectivity index (χ4v) is 3.36. The van der Waals surface area contributed by atoms with E-state index in [4.69, 9.17) is 10.2 Å². The Morgan fingerprint density at radius 2 is 2.07 bits per heavy atom. The van der Waals surface area contributed by atoms with E-state index < -0.39 is 10.0 Å². The van der Waals surface area contributed by atoms with E-state index in [-0.39, 0.29) is 30.9 Å². The molecular formula is C8H17NO4S. The van der Waals surface area contributed by atoms with E-state index in [1.807, 2.05) is 6.92 Å². The minimum absolute atomic E-state index is 0.147. The van der Waals surface area contributed by atoms with Crippen molar-refractivity contribution in [2.45, 2.75) is 19.4 Å². The molecule has 0 radical (unpaired) electrons. The molecule has 1 heterocycles. The first-order chi connectivity index (χ1) is 6.53. The zero-order valence-corrected chi connectivity index (χ0v) is 9.07. The SMILES string of the molecule is CC1CCN(S(=O)(=O)CCO)C1CO. The second-order valence-electron chi connectivity index (χ2n) is 3.67. The Balaban J connectivity index is 2.78. The lowest BCUT2D eigenvalue weighted by Crippen LogP contribution is -2.41. The average Bonchev–Trinajstić information content (AvgIpc) is 2.47. The van der Waals surface area contributed by atoms with Gasteiger partial charge in [-0.15, -0.1) is 0 Å². The second kappa shape index (κ2) is 4.57. The summed E-state index contributed by atoms with van der Waals surface area (Å²) in [4.78, 5) is 0. The van der Waals surface area contributed by atoms with Crippen LogP contribution in [-0.4, -0.2) is 54.5 Å². The first-order valence-electron chi connectivity index (χ1n) is 4.74. The molecule has 0 saturated carbocycles. The highest BCUT2D eigenvalue weighted by Crippen LogP contribution is 2.26. The lowest BCUT2D eigenvalue weighted by molar-refractivity contribution is 0.190. The Bertz CT molecular complexity index is 277. The summed E-state index contributed by atoms with van der Waals surface area (Å²) in [5.74, 6) is -0.0654. The highest BCUT2D eigenvalue weighted by Gasteiger charge is 2.37. The molecule has 0 aromatic rings. The Kier molecular flexibility index (Phi) is 3.88. The van der Waals surface area contributed by atoms with Gasteiger partial charge >= 0.3 is 0 Å². The number of hydrogen-bond donors (Lipinski definition) is 2. The molecule has 2 unspecified atom stereocenters. The van der Waals surface area contributed by atoms with Gasteiger partial charge in [0, 0.05) is 6.54 Å². The molecule has 84 valence electrons. The van der Waals surface area contributed by atoms with E-state index >= 15 is 0 Å². The Morgan fingerprint density at radius 1 is 1.43 bits per heavy atom. The van der Waals surface area contributed by atoms with Gasteiger partial charge in [0.05, 0.1) is 25.0 Å². The van der Waals surface area contributed by atoms with Crippen molar-refractivity contribution in [3.8, 4) is 0 Å². The van der Waals surface area contributed by atoms with Gasteiger partial charge in [-0.2, -0.15) is 4.31 Å². The molecule has 1 aliphatic heterocycles. The molecular weight excluding hydrogens is 206 g/mol. The van der Waals surface area contributed by atoms with Crippen LogP contribution in [0.5, 0.6) is 0 Å². The van der Waals surface area contributed by atoms with Crippen molar-refractivity contribution < 1.29 is 18.6 Å². The number of aliphatic hydroxyl groups excluding tert-OH is 2. The molecule has 6 heteroatoms. The highest BCUT2D eigenvalue weighted by atomic mass is 32.2. The molecule has 2 N–H and O–H groups in total. The predicted molar refractivity (Wildman–Crippen MR) is 52.2 cm³/mol. The summed E-state index contributed by atoms with van der Waals surface area (Å²) in [5.41, 5.74) is 0. The summed E-state index contributed by atoms with van der Waals surface area (Å²) >= 11 is 0. The largest absolute Gasteiger partial charge is 0.395 e. The molecule has 1 aliphatic rings. The summed E-state index contributed by atoms with van der Waals surface area (Å²) in [6.45, 7) is 1.86. The van der Waals surface area contributed by atoms with E-state index in [1.54, 1.807) is 0 Å². The zero-order valence-electron chi connectivity index (χ0n) is 8.26. The van der Waals surface area contributed by atoms with Crippen LogP contribution in [0.25, 0.3) is 0 Å². The maximum Gasteiger partial charge on any atom is 0.216 e. The first kappa shape index (κ1) is 11.9. The van der Waals surface area contributed by atoms with Crippen molar-refractivity contribution in [1.29, 1.82) is 0 Å². The van der Waals surface area contributed by atoms with Crippen LogP contribution in [0.3, 0.4) is 0 Å². The molecule has 1 saturated heterocycles. The van der Waals surface area contributed by atoms with E-state index in [2.05, 4.69) is 0 Å². The van der Waals surface area contributed by atoms with Gasteiger partial charge in [-0.3, -0.25) is 0 Å². The zero-order chi connectivity index (χ0) is 10.8. The van der Waals surface area contributed by atoms with Crippen LogP contribution in [0.2, 0.25) is 0 Å². The van der Waals surface area contributed by atoms with E-state index in [0.29, 0.717) is 6.54 Å². The van der Waals surface area contributed by atoms with Crippen LogP contribution in [0.15, 0.2) is 0 Å². The Hall–Kier alpha value is -0.170. The monoisotopic (exact) mass is 223 g/mol. The van der Waals surface area contributed by atoms with Gasteiger partial charge in [0.15, 0.2) is 0 Å². The van der Waals surface area contributed by atoms with Crippen LogP contribution in [0, 0.1) is 5.92 Å². The third-order valence-electron chi connectivity index (χ3n) is 2.73. The van der Waals surface area contributed by atoms with Crippen LogP contribution in [-0.2, 0) is 10.0 Å². The number of nitrogens with zero attached hydrogens (tertiary/aromatic N) is 1. The molecule has 0 aliphatic carbocycles. The summed E-state index contributed by atoms with van der Waals surface area (Å²) in [7, 11) is -3.38. The maximum atomic E-state index is 11.6. The summed E-state index contributed by atoms with van der Waals surface area (Å²) < 4.78 is 24.5. The van der Waals surface area contributed by atoms with Crippen molar-refractivity contribution in [2.24, 2.45) is 5.92 Å². The van der Waals surface area contributed by atoms with Crippen LogP contribution in [0.4, 0.5) is 0 Å². The van der Waals surface area contributed by atoms with Crippen molar-refractivity contribution in [3.63, 3.8) is 0 Å². The number of hydrogen-bond acceptors (Lipinski definition) is 4. The maximum absolute atomic E-state index is 11.6. The lowest BCUT2D eigenvalue weighted by Gasteiger charge is -2.24. The Labute approximate surface area is 84.4 Å². The average molecular weight is 223 g/mol. The number of sulfonamides is 1. The van der Waals surface area contributed by atoms with E-state index in [9.17, 15) is 8.42 Å². The molecule has 14 heavy (non-hydrogen) atoms. The summed E-state index contributed by atoms with van der Waals surface area (Å²) in [6.07, 6.45) is 0.774. The Morgan fingerprint density at radius 3 is 2.57 bits per heavy atom. The second-order valence-corrected chi connectivity index (χ2v) is 5.71. The van der Waals surface area contributed by atoms with Gasteiger partial charge in [0.1, 0.15) is 0 Å². The predicted octanol–water partition coefficient (Wildman–Crippen LogP) is -0.989. The smallest absolute Gasteiger partial charge is 0.216 e. The third-order valence-corrected chi connectivity index (χ3v) is 4.59. The van der Waals surface area contributed by atoms with E-state index in [0.717, 1.165) is 6.42 Å². The van der Waals surface area contributed by atoms with Crippen LogP contribution in [0.1, 0.15) is 13.3 Å².